The summed E-state index contributed by atoms with van der Waals surface area (Å²) in [5.74, 6) is 0.766. The Hall–Kier alpha value is -2.66. The molecule has 0 N–H and O–H groups in total. The Bertz CT molecular complexity index is 1090. The molecule has 0 radical (unpaired) electrons. The molecule has 4 rings (SSSR count). The van der Waals surface area contributed by atoms with Gasteiger partial charge in [0.2, 0.25) is 0 Å². The predicted octanol–water partition coefficient (Wildman–Crippen LogP) is 5.34. The summed E-state index contributed by atoms with van der Waals surface area (Å²) < 4.78 is 7.57. The van der Waals surface area contributed by atoms with Gasteiger partial charge >= 0.3 is 0 Å². The van der Waals surface area contributed by atoms with E-state index in [1.165, 1.54) is 5.56 Å². The minimum atomic E-state index is 0.00763. The van der Waals surface area contributed by atoms with Crippen molar-refractivity contribution >= 4 is 12.0 Å². The first-order valence-electron chi connectivity index (χ1n) is 12.3. The van der Waals surface area contributed by atoms with E-state index < -0.39 is 0 Å². The molecular formula is C28H36N2O3. The molecule has 176 valence electrons. The van der Waals surface area contributed by atoms with E-state index in [2.05, 4.69) is 19.9 Å². The minimum absolute atomic E-state index is 0.00763. The summed E-state index contributed by atoms with van der Waals surface area (Å²) in [4.78, 5) is 27.9. The number of aromatic nitrogens is 1. The highest BCUT2D eigenvalue weighted by atomic mass is 16.5. The molecule has 1 unspecified atom stereocenters. The molecule has 2 aliphatic rings. The van der Waals surface area contributed by atoms with Gasteiger partial charge in [-0.25, -0.2) is 0 Å². The highest BCUT2D eigenvalue weighted by molar-refractivity contribution is 5.95. The average molecular weight is 449 g/mol. The van der Waals surface area contributed by atoms with Crippen molar-refractivity contribution in [2.75, 3.05) is 20.3 Å². The van der Waals surface area contributed by atoms with Crippen molar-refractivity contribution in [3.63, 3.8) is 0 Å². The molecule has 0 spiro atoms. The summed E-state index contributed by atoms with van der Waals surface area (Å²) in [6.07, 6.45) is 6.65. The van der Waals surface area contributed by atoms with Gasteiger partial charge < -0.3 is 14.2 Å². The van der Waals surface area contributed by atoms with Crippen molar-refractivity contribution in [2.45, 2.75) is 71.3 Å². The SMILES string of the molecule is CCn1c2c(c(C3CCCOCC3)cc1=O)C=C(N(C)C(=O)c1ccc(C(C)C)cc1)CC2. The number of amides is 1. The first-order valence-corrected chi connectivity index (χ1v) is 12.3. The van der Waals surface area contributed by atoms with Crippen LogP contribution >= 0.6 is 0 Å². The van der Waals surface area contributed by atoms with E-state index in [4.69, 9.17) is 4.74 Å². The molecule has 5 nitrogen and oxygen atoms in total. The molecule has 1 saturated heterocycles. The maximum Gasteiger partial charge on any atom is 0.257 e. The normalized spacial score (nSPS) is 18.5. The van der Waals surface area contributed by atoms with Crippen LogP contribution in [0.5, 0.6) is 0 Å². The first-order chi connectivity index (χ1) is 15.9. The number of hydrogen-bond acceptors (Lipinski definition) is 3. The highest BCUT2D eigenvalue weighted by Crippen LogP contribution is 2.35. The van der Waals surface area contributed by atoms with E-state index in [1.54, 1.807) is 4.90 Å². The number of ether oxygens (including phenoxy) is 1. The summed E-state index contributed by atoms with van der Waals surface area (Å²) in [6, 6.07) is 9.78. The van der Waals surface area contributed by atoms with Crippen LogP contribution in [0.3, 0.4) is 0 Å². The number of nitrogens with zero attached hydrogens (tertiary/aromatic N) is 2. The molecule has 1 amide bonds. The van der Waals surface area contributed by atoms with Crippen LogP contribution in [0.2, 0.25) is 0 Å². The molecular weight excluding hydrogens is 412 g/mol. The van der Waals surface area contributed by atoms with Gasteiger partial charge in [0.1, 0.15) is 0 Å². The predicted molar refractivity (Wildman–Crippen MR) is 133 cm³/mol. The molecule has 0 bridgehead atoms. The average Bonchev–Trinajstić information content (AvgIpc) is 3.12. The van der Waals surface area contributed by atoms with Crippen molar-refractivity contribution < 1.29 is 9.53 Å². The smallest absolute Gasteiger partial charge is 0.257 e. The van der Waals surface area contributed by atoms with E-state index in [9.17, 15) is 9.59 Å². The van der Waals surface area contributed by atoms with Crippen molar-refractivity contribution in [1.29, 1.82) is 0 Å². The molecule has 1 atom stereocenters. The fourth-order valence-corrected chi connectivity index (χ4v) is 5.15. The zero-order valence-electron chi connectivity index (χ0n) is 20.4. The molecule has 33 heavy (non-hydrogen) atoms. The lowest BCUT2D eigenvalue weighted by atomic mass is 9.85. The van der Waals surface area contributed by atoms with Crippen LogP contribution in [0.1, 0.15) is 91.0 Å². The van der Waals surface area contributed by atoms with Gasteiger partial charge in [-0.2, -0.15) is 0 Å². The Morgan fingerprint density at radius 1 is 1.15 bits per heavy atom. The van der Waals surface area contributed by atoms with Gasteiger partial charge in [-0.1, -0.05) is 26.0 Å². The lowest BCUT2D eigenvalue weighted by Crippen LogP contribution is -2.31. The number of carbonyl (C=O) groups excluding carboxylic acids is 1. The highest BCUT2D eigenvalue weighted by Gasteiger charge is 2.26. The summed E-state index contributed by atoms with van der Waals surface area (Å²) >= 11 is 0. The van der Waals surface area contributed by atoms with Gasteiger partial charge in [-0.3, -0.25) is 9.59 Å². The van der Waals surface area contributed by atoms with Crippen molar-refractivity contribution in [3.8, 4) is 0 Å². The van der Waals surface area contributed by atoms with E-state index in [1.807, 2.05) is 48.9 Å². The van der Waals surface area contributed by atoms with Crippen LogP contribution in [-0.2, 0) is 17.7 Å². The lowest BCUT2D eigenvalue weighted by Gasteiger charge is -2.29. The molecule has 2 aromatic rings. The van der Waals surface area contributed by atoms with Crippen LogP contribution in [0.25, 0.3) is 6.08 Å². The molecule has 2 heterocycles. The number of benzene rings is 1. The van der Waals surface area contributed by atoms with Gasteiger partial charge in [0.05, 0.1) is 0 Å². The number of fused-ring (bicyclic) bond motifs is 1. The Morgan fingerprint density at radius 3 is 2.61 bits per heavy atom. The number of pyridine rings is 1. The molecule has 1 aromatic heterocycles. The number of hydrogen-bond donors (Lipinski definition) is 0. The van der Waals surface area contributed by atoms with E-state index in [0.29, 0.717) is 23.9 Å². The van der Waals surface area contributed by atoms with Crippen molar-refractivity contribution in [1.82, 2.24) is 9.47 Å². The maximum atomic E-state index is 13.3. The monoisotopic (exact) mass is 448 g/mol. The molecule has 0 saturated carbocycles. The summed E-state index contributed by atoms with van der Waals surface area (Å²) in [6.45, 7) is 8.52. The van der Waals surface area contributed by atoms with Gasteiger partial charge in [0.15, 0.2) is 0 Å². The Kier molecular flexibility index (Phi) is 7.18. The summed E-state index contributed by atoms with van der Waals surface area (Å²) in [5, 5.41) is 0. The van der Waals surface area contributed by atoms with Crippen LogP contribution in [0.15, 0.2) is 40.8 Å². The fraction of sp³-hybridized carbons (Fsp3) is 0.500. The fourth-order valence-electron chi connectivity index (χ4n) is 5.15. The van der Waals surface area contributed by atoms with Crippen molar-refractivity contribution in [3.05, 3.63) is 74.3 Å². The second kappa shape index (κ2) is 10.1. The molecule has 1 fully saturated rings. The second-order valence-corrected chi connectivity index (χ2v) is 9.56. The largest absolute Gasteiger partial charge is 0.381 e. The Labute approximate surface area is 197 Å². The molecule has 5 heteroatoms. The Balaban J connectivity index is 1.70. The number of allylic oxidation sites excluding steroid dienone is 1. The van der Waals surface area contributed by atoms with Crippen LogP contribution < -0.4 is 5.56 Å². The van der Waals surface area contributed by atoms with E-state index in [0.717, 1.165) is 67.8 Å². The Morgan fingerprint density at radius 2 is 1.91 bits per heavy atom. The second-order valence-electron chi connectivity index (χ2n) is 9.56. The van der Waals surface area contributed by atoms with Gasteiger partial charge in [0.25, 0.3) is 11.5 Å². The third-order valence-corrected chi connectivity index (χ3v) is 7.19. The standard InChI is InChI=1S/C28H36N2O3/c1-5-30-26-13-12-23(29(4)28(32)22-10-8-20(9-11-22)19(2)3)17-25(26)24(18-27(30)31)21-7-6-15-33-16-14-21/h8-11,17-19,21H,5-7,12-16H2,1-4H3. The molecule has 1 aliphatic heterocycles. The summed E-state index contributed by atoms with van der Waals surface area (Å²) in [7, 11) is 1.87. The molecule has 1 aromatic carbocycles. The maximum absolute atomic E-state index is 13.3. The van der Waals surface area contributed by atoms with Crippen LogP contribution in [0.4, 0.5) is 0 Å². The molecule has 1 aliphatic carbocycles. The zero-order valence-corrected chi connectivity index (χ0v) is 20.4. The quantitative estimate of drug-likeness (QED) is 0.621. The van der Waals surface area contributed by atoms with E-state index >= 15 is 0 Å². The van der Waals surface area contributed by atoms with Gasteiger partial charge in [-0.15, -0.1) is 0 Å². The van der Waals surface area contributed by atoms with Crippen molar-refractivity contribution in [2.24, 2.45) is 0 Å². The van der Waals surface area contributed by atoms with Crippen LogP contribution in [-0.4, -0.2) is 35.6 Å². The first kappa shape index (κ1) is 23.5. The van der Waals surface area contributed by atoms with Gasteiger partial charge in [0, 0.05) is 49.8 Å². The topological polar surface area (TPSA) is 51.5 Å². The van der Waals surface area contributed by atoms with E-state index in [-0.39, 0.29) is 11.5 Å². The minimum Gasteiger partial charge on any atom is -0.381 e. The van der Waals surface area contributed by atoms with Crippen LogP contribution in [0, 0.1) is 0 Å². The third-order valence-electron chi connectivity index (χ3n) is 7.19. The number of carbonyl (C=O) groups is 1. The van der Waals surface area contributed by atoms with Gasteiger partial charge in [-0.05, 0) is 85.8 Å². The lowest BCUT2D eigenvalue weighted by molar-refractivity contribution is 0.0833. The zero-order chi connectivity index (χ0) is 23.5. The number of rotatable bonds is 5. The third kappa shape index (κ3) is 4.84. The summed E-state index contributed by atoms with van der Waals surface area (Å²) in [5.41, 5.74) is 6.40.